The van der Waals surface area contributed by atoms with E-state index in [1.54, 1.807) is 0 Å². The summed E-state index contributed by atoms with van der Waals surface area (Å²) in [5, 5.41) is 136. The summed E-state index contributed by atoms with van der Waals surface area (Å²) in [7, 11) is 0. The first-order valence-electron chi connectivity index (χ1n) is 14.1. The Morgan fingerprint density at radius 3 is 1.73 bits per heavy atom. The van der Waals surface area contributed by atoms with Crippen molar-refractivity contribution in [2.24, 2.45) is 0 Å². The molecule has 1 aliphatic carbocycles. The monoisotopic (exact) mass is 645 g/mol. The molecule has 14 N–H and O–H groups in total. The van der Waals surface area contributed by atoms with Crippen molar-refractivity contribution < 1.29 is 90.1 Å². The summed E-state index contributed by atoms with van der Waals surface area (Å²) in [6.45, 7) is -0.753. The van der Waals surface area contributed by atoms with E-state index in [1.807, 2.05) is 0 Å². The molecule has 1 unspecified atom stereocenters. The minimum Gasteiger partial charge on any atom is -0.394 e. The molecule has 0 aromatic rings. The van der Waals surface area contributed by atoms with Gasteiger partial charge in [0.2, 0.25) is 0 Å². The van der Waals surface area contributed by atoms with Crippen molar-refractivity contribution in [1.29, 1.82) is 0 Å². The standard InChI is InChI=1S/C25H43NO18/c1-6-11(26-8-2-7(3-27)12(30)15(33)13(8)31)14(32)19(37)24(40-6)43-22-10(5-29)42-25(20(38)17(22)35)44-21-9(4-28)41-23(39)18(36)16(21)34/h2,6,8-39H,3-5H2,1H3/t6-,8+,9-,10-,11-,12-,13+,14+,15+,16-,17-,18-,19-,20-,21-,22-,23?,24-,25-/m0/s1. The molecule has 0 spiro atoms. The minimum absolute atomic E-state index is 0.0225. The maximum atomic E-state index is 10.9. The van der Waals surface area contributed by atoms with Gasteiger partial charge in [-0.3, -0.25) is 0 Å². The van der Waals surface area contributed by atoms with Crippen LogP contribution in [0.3, 0.4) is 0 Å². The third-order valence-corrected chi connectivity index (χ3v) is 8.48. The largest absolute Gasteiger partial charge is 0.394 e. The molecule has 3 saturated heterocycles. The predicted octanol–water partition coefficient (Wildman–Crippen LogP) is -8.56. The van der Waals surface area contributed by atoms with Crippen LogP contribution < -0.4 is 5.32 Å². The molecule has 0 radical (unpaired) electrons. The summed E-state index contributed by atoms with van der Waals surface area (Å²) in [5.41, 5.74) is 0.0225. The second-order valence-corrected chi connectivity index (χ2v) is 11.4. The summed E-state index contributed by atoms with van der Waals surface area (Å²) in [5.74, 6) is 0. The molecule has 19 heteroatoms. The number of hydrogen-bond donors (Lipinski definition) is 14. The molecule has 4 rings (SSSR count). The van der Waals surface area contributed by atoms with Crippen molar-refractivity contribution in [3.8, 4) is 0 Å². The van der Waals surface area contributed by atoms with Gasteiger partial charge in [0.1, 0.15) is 79.4 Å². The second kappa shape index (κ2) is 14.8. The lowest BCUT2D eigenvalue weighted by Crippen LogP contribution is -2.68. The number of aliphatic hydroxyl groups is 13. The van der Waals surface area contributed by atoms with E-state index in [0.29, 0.717) is 0 Å². The number of ether oxygens (including phenoxy) is 5. The quantitative estimate of drug-likeness (QED) is 0.103. The van der Waals surface area contributed by atoms with Crippen molar-refractivity contribution in [2.45, 2.75) is 123 Å². The Kier molecular flexibility index (Phi) is 12.1. The predicted molar refractivity (Wildman–Crippen MR) is 138 cm³/mol. The topological polar surface area (TPSA) is 321 Å². The fourth-order valence-corrected chi connectivity index (χ4v) is 5.81. The summed E-state index contributed by atoms with van der Waals surface area (Å²) in [4.78, 5) is 0. The van der Waals surface area contributed by atoms with Gasteiger partial charge < -0.3 is 95.4 Å². The zero-order chi connectivity index (χ0) is 32.6. The van der Waals surface area contributed by atoms with Crippen molar-refractivity contribution >= 4 is 0 Å². The highest BCUT2D eigenvalue weighted by atomic mass is 16.7. The molecule has 0 aromatic carbocycles. The molecule has 256 valence electrons. The first-order chi connectivity index (χ1) is 20.7. The van der Waals surface area contributed by atoms with Gasteiger partial charge in [-0.15, -0.1) is 0 Å². The summed E-state index contributed by atoms with van der Waals surface area (Å²) in [6.07, 6.45) is -26.6. The van der Waals surface area contributed by atoms with Crippen LogP contribution >= 0.6 is 0 Å². The van der Waals surface area contributed by atoms with Crippen LogP contribution in [0.5, 0.6) is 0 Å². The van der Waals surface area contributed by atoms with Gasteiger partial charge in [-0.1, -0.05) is 6.08 Å². The Morgan fingerprint density at radius 2 is 1.16 bits per heavy atom. The van der Waals surface area contributed by atoms with Gasteiger partial charge in [0.05, 0.1) is 38.0 Å². The van der Waals surface area contributed by atoms with Crippen molar-refractivity contribution in [3.63, 3.8) is 0 Å². The third-order valence-electron chi connectivity index (χ3n) is 8.48. The Balaban J connectivity index is 1.42. The summed E-state index contributed by atoms with van der Waals surface area (Å²) in [6, 6.07) is -2.17. The Labute approximate surface area is 250 Å². The molecule has 0 bridgehead atoms. The zero-order valence-corrected chi connectivity index (χ0v) is 23.5. The molecule has 0 saturated carbocycles. The van der Waals surface area contributed by atoms with E-state index in [4.69, 9.17) is 23.7 Å². The molecule has 19 atom stereocenters. The SMILES string of the molecule is C[C@@H]1O[C@@H](O[C@@H]2[C@@H](O)[C@H](O)[C@H](O[C@@H]3[C@@H](O)[C@H](O)C(O)O[C@H]3CO)O[C@H]2CO)[C@@H](O)[C@H](O)[C@H]1N[C@@H]1C=C(CO)[C@H](O)[C@@H](O)[C@@H]1O. The lowest BCUT2D eigenvalue weighted by molar-refractivity contribution is -0.373. The highest BCUT2D eigenvalue weighted by molar-refractivity contribution is 5.22. The van der Waals surface area contributed by atoms with E-state index in [9.17, 15) is 66.4 Å². The second-order valence-electron chi connectivity index (χ2n) is 11.4. The molecule has 0 amide bonds. The fraction of sp³-hybridized carbons (Fsp3) is 0.920. The van der Waals surface area contributed by atoms with Crippen molar-refractivity contribution in [3.05, 3.63) is 11.6 Å². The van der Waals surface area contributed by atoms with Crippen LogP contribution in [0.15, 0.2) is 11.6 Å². The molecule has 4 aliphatic rings. The lowest BCUT2D eigenvalue weighted by Gasteiger charge is -2.48. The molecule has 0 aromatic heterocycles. The van der Waals surface area contributed by atoms with Crippen LogP contribution in [0, 0.1) is 0 Å². The van der Waals surface area contributed by atoms with E-state index >= 15 is 0 Å². The van der Waals surface area contributed by atoms with E-state index in [2.05, 4.69) is 5.32 Å². The lowest BCUT2D eigenvalue weighted by atomic mass is 9.86. The maximum absolute atomic E-state index is 10.9. The number of nitrogens with one attached hydrogen (secondary N) is 1. The average molecular weight is 646 g/mol. The van der Waals surface area contributed by atoms with Crippen LogP contribution in [-0.4, -0.2) is 203 Å². The number of hydrogen-bond acceptors (Lipinski definition) is 19. The minimum atomic E-state index is -1.93. The van der Waals surface area contributed by atoms with Gasteiger partial charge in [0, 0.05) is 0 Å². The van der Waals surface area contributed by atoms with Gasteiger partial charge in [0.25, 0.3) is 0 Å². The van der Waals surface area contributed by atoms with Crippen LogP contribution in [0.2, 0.25) is 0 Å². The first kappa shape index (κ1) is 35.8. The van der Waals surface area contributed by atoms with Crippen molar-refractivity contribution in [2.75, 3.05) is 19.8 Å². The highest BCUT2D eigenvalue weighted by Gasteiger charge is 2.53. The molecule has 3 heterocycles. The van der Waals surface area contributed by atoms with Crippen LogP contribution in [0.25, 0.3) is 0 Å². The molecule has 3 aliphatic heterocycles. The first-order valence-corrected chi connectivity index (χ1v) is 14.1. The summed E-state index contributed by atoms with van der Waals surface area (Å²) >= 11 is 0. The van der Waals surface area contributed by atoms with Gasteiger partial charge in [-0.2, -0.15) is 0 Å². The molecule has 44 heavy (non-hydrogen) atoms. The summed E-state index contributed by atoms with van der Waals surface area (Å²) < 4.78 is 27.4. The van der Waals surface area contributed by atoms with Crippen LogP contribution in [0.4, 0.5) is 0 Å². The number of aliphatic hydroxyl groups excluding tert-OH is 13. The maximum Gasteiger partial charge on any atom is 0.187 e. The Bertz CT molecular complexity index is 958. The third kappa shape index (κ3) is 6.96. The Hall–Kier alpha value is -1.02. The van der Waals surface area contributed by atoms with E-state index in [-0.39, 0.29) is 5.57 Å². The average Bonchev–Trinajstić information content (AvgIpc) is 3.00. The van der Waals surface area contributed by atoms with Gasteiger partial charge >= 0.3 is 0 Å². The fourth-order valence-electron chi connectivity index (χ4n) is 5.81. The normalized spacial score (nSPS) is 52.0. The van der Waals surface area contributed by atoms with E-state index < -0.39 is 136 Å². The van der Waals surface area contributed by atoms with Crippen LogP contribution in [0.1, 0.15) is 6.92 Å². The van der Waals surface area contributed by atoms with Gasteiger partial charge in [0.15, 0.2) is 18.9 Å². The number of rotatable bonds is 9. The van der Waals surface area contributed by atoms with E-state index in [1.165, 1.54) is 13.0 Å². The molecule has 3 fully saturated rings. The smallest absolute Gasteiger partial charge is 0.187 e. The van der Waals surface area contributed by atoms with Crippen LogP contribution in [-0.2, 0) is 23.7 Å². The van der Waals surface area contributed by atoms with Gasteiger partial charge in [-0.05, 0) is 12.5 Å². The van der Waals surface area contributed by atoms with E-state index in [0.717, 1.165) is 0 Å². The molecule has 19 nitrogen and oxygen atoms in total. The molecular weight excluding hydrogens is 602 g/mol. The van der Waals surface area contributed by atoms with Gasteiger partial charge in [-0.25, -0.2) is 0 Å². The zero-order valence-electron chi connectivity index (χ0n) is 23.5. The highest BCUT2D eigenvalue weighted by Crippen LogP contribution is 2.32. The molecular formula is C25H43NO18. The van der Waals surface area contributed by atoms with Crippen molar-refractivity contribution in [1.82, 2.24) is 5.32 Å². The Morgan fingerprint density at radius 1 is 0.636 bits per heavy atom.